The number of aromatic nitrogens is 1. The lowest BCUT2D eigenvalue weighted by atomic mass is 10.2. The maximum Gasteiger partial charge on any atom is 0.220 e. The summed E-state index contributed by atoms with van der Waals surface area (Å²) in [6.07, 6.45) is 3.29. The van der Waals surface area contributed by atoms with Crippen molar-refractivity contribution in [3.05, 3.63) is 41.2 Å². The van der Waals surface area contributed by atoms with Crippen LogP contribution in [-0.2, 0) is 16.0 Å². The van der Waals surface area contributed by atoms with Crippen LogP contribution in [0.2, 0.25) is 0 Å². The molecule has 1 fully saturated rings. The number of nitrogens with one attached hydrogen (secondary N) is 1. The molecule has 0 aliphatic carbocycles. The minimum absolute atomic E-state index is 0.0248. The Bertz CT molecular complexity index is 651. The van der Waals surface area contributed by atoms with E-state index in [1.807, 2.05) is 5.38 Å². The summed E-state index contributed by atoms with van der Waals surface area (Å²) in [4.78, 5) is 16.4. The summed E-state index contributed by atoms with van der Waals surface area (Å²) in [6, 6.07) is 6.28. The maximum absolute atomic E-state index is 12.9. The van der Waals surface area contributed by atoms with Crippen molar-refractivity contribution in [3.8, 4) is 10.6 Å². The first-order valence-corrected chi connectivity index (χ1v) is 8.67. The first-order chi connectivity index (χ1) is 11.2. The van der Waals surface area contributed by atoms with Gasteiger partial charge in [-0.15, -0.1) is 11.3 Å². The van der Waals surface area contributed by atoms with Crippen LogP contribution in [0.4, 0.5) is 4.39 Å². The van der Waals surface area contributed by atoms with E-state index in [1.165, 1.54) is 23.5 Å². The highest BCUT2D eigenvalue weighted by Crippen LogP contribution is 2.24. The Labute approximate surface area is 138 Å². The normalized spacial score (nSPS) is 17.3. The zero-order valence-corrected chi connectivity index (χ0v) is 13.6. The molecule has 1 aliphatic rings. The number of halogens is 1. The SMILES string of the molecule is O=C(CCc1csc(-c2ccc(F)cc2)n1)NCC1CCCO1. The summed E-state index contributed by atoms with van der Waals surface area (Å²) in [6.45, 7) is 1.39. The van der Waals surface area contributed by atoms with Gasteiger partial charge in [-0.3, -0.25) is 4.79 Å². The van der Waals surface area contributed by atoms with Crippen molar-refractivity contribution in [3.63, 3.8) is 0 Å². The maximum atomic E-state index is 12.9. The molecule has 6 heteroatoms. The van der Waals surface area contributed by atoms with Gasteiger partial charge in [0.15, 0.2) is 0 Å². The number of amides is 1. The highest BCUT2D eigenvalue weighted by atomic mass is 32.1. The predicted octanol–water partition coefficient (Wildman–Crippen LogP) is 3.18. The molecule has 1 atom stereocenters. The molecule has 0 radical (unpaired) electrons. The topological polar surface area (TPSA) is 51.2 Å². The van der Waals surface area contributed by atoms with Crippen molar-refractivity contribution in [1.29, 1.82) is 0 Å². The molecule has 122 valence electrons. The molecule has 1 aromatic heterocycles. The minimum Gasteiger partial charge on any atom is -0.376 e. The van der Waals surface area contributed by atoms with Gasteiger partial charge in [0, 0.05) is 30.5 Å². The minimum atomic E-state index is -0.256. The summed E-state index contributed by atoms with van der Waals surface area (Å²) in [5, 5.41) is 5.71. The Kier molecular flexibility index (Phi) is 5.35. The lowest BCUT2D eigenvalue weighted by molar-refractivity contribution is -0.121. The third-order valence-corrected chi connectivity index (χ3v) is 4.74. The second-order valence-corrected chi connectivity index (χ2v) is 6.45. The van der Waals surface area contributed by atoms with Gasteiger partial charge in [-0.05, 0) is 43.5 Å². The second kappa shape index (κ2) is 7.66. The molecule has 2 aromatic rings. The third kappa shape index (κ3) is 4.59. The standard InChI is InChI=1S/C17H19FN2O2S/c18-13-5-3-12(4-6-13)17-20-14(11-23-17)7-8-16(21)19-10-15-2-1-9-22-15/h3-6,11,15H,1-2,7-10H2,(H,19,21). The molecular weight excluding hydrogens is 315 g/mol. The average Bonchev–Trinajstić information content (AvgIpc) is 3.23. The number of ether oxygens (including phenoxy) is 1. The number of aryl methyl sites for hydroxylation is 1. The zero-order chi connectivity index (χ0) is 16.1. The van der Waals surface area contributed by atoms with Gasteiger partial charge in [-0.1, -0.05) is 0 Å². The van der Waals surface area contributed by atoms with Crippen molar-refractivity contribution in [1.82, 2.24) is 10.3 Å². The molecule has 23 heavy (non-hydrogen) atoms. The van der Waals surface area contributed by atoms with Crippen molar-refractivity contribution in [2.45, 2.75) is 31.8 Å². The first kappa shape index (κ1) is 16.1. The fourth-order valence-electron chi connectivity index (χ4n) is 2.51. The van der Waals surface area contributed by atoms with Crippen LogP contribution in [0.3, 0.4) is 0 Å². The first-order valence-electron chi connectivity index (χ1n) is 7.79. The van der Waals surface area contributed by atoms with Crippen LogP contribution in [0.25, 0.3) is 10.6 Å². The number of rotatable bonds is 6. The fraction of sp³-hybridized carbons (Fsp3) is 0.412. The van der Waals surface area contributed by atoms with Crippen LogP contribution < -0.4 is 5.32 Å². The summed E-state index contributed by atoms with van der Waals surface area (Å²) < 4.78 is 18.4. The van der Waals surface area contributed by atoms with E-state index in [1.54, 1.807) is 12.1 Å². The van der Waals surface area contributed by atoms with E-state index in [9.17, 15) is 9.18 Å². The number of hydrogen-bond donors (Lipinski definition) is 1. The van der Waals surface area contributed by atoms with Gasteiger partial charge in [0.1, 0.15) is 10.8 Å². The van der Waals surface area contributed by atoms with Gasteiger partial charge in [-0.2, -0.15) is 0 Å². The zero-order valence-electron chi connectivity index (χ0n) is 12.8. The number of thiazole rings is 1. The molecule has 1 aromatic carbocycles. The van der Waals surface area contributed by atoms with Crippen molar-refractivity contribution in [2.24, 2.45) is 0 Å². The second-order valence-electron chi connectivity index (χ2n) is 5.59. The van der Waals surface area contributed by atoms with Crippen molar-refractivity contribution >= 4 is 17.2 Å². The Balaban J connectivity index is 1.47. The summed E-state index contributed by atoms with van der Waals surface area (Å²) in [5.41, 5.74) is 1.78. The quantitative estimate of drug-likeness (QED) is 0.883. The molecule has 1 saturated heterocycles. The number of nitrogens with zero attached hydrogens (tertiary/aromatic N) is 1. The molecule has 4 nitrogen and oxygen atoms in total. The number of carbonyl (C=O) groups is 1. The molecule has 0 saturated carbocycles. The largest absolute Gasteiger partial charge is 0.376 e. The lowest BCUT2D eigenvalue weighted by Crippen LogP contribution is -2.31. The van der Waals surface area contributed by atoms with E-state index in [0.29, 0.717) is 19.4 Å². The summed E-state index contributed by atoms with van der Waals surface area (Å²) in [7, 11) is 0. The molecule has 3 rings (SSSR count). The predicted molar refractivity (Wildman–Crippen MR) is 87.8 cm³/mol. The lowest BCUT2D eigenvalue weighted by Gasteiger charge is -2.10. The van der Waals surface area contributed by atoms with Gasteiger partial charge in [0.2, 0.25) is 5.91 Å². The average molecular weight is 334 g/mol. The Hall–Kier alpha value is -1.79. The van der Waals surface area contributed by atoms with Crippen molar-refractivity contribution in [2.75, 3.05) is 13.2 Å². The van der Waals surface area contributed by atoms with Gasteiger partial charge < -0.3 is 10.1 Å². The summed E-state index contributed by atoms with van der Waals surface area (Å²) in [5.74, 6) is -0.231. The van der Waals surface area contributed by atoms with Crippen LogP contribution in [0.1, 0.15) is 25.0 Å². The van der Waals surface area contributed by atoms with Gasteiger partial charge in [0.25, 0.3) is 0 Å². The Morgan fingerprint density at radius 1 is 1.39 bits per heavy atom. The van der Waals surface area contributed by atoms with Crippen LogP contribution in [-0.4, -0.2) is 30.1 Å². The smallest absolute Gasteiger partial charge is 0.220 e. The molecule has 0 spiro atoms. The number of benzene rings is 1. The summed E-state index contributed by atoms with van der Waals surface area (Å²) >= 11 is 1.51. The number of carbonyl (C=O) groups excluding carboxylic acids is 1. The molecule has 1 amide bonds. The third-order valence-electron chi connectivity index (χ3n) is 3.80. The van der Waals surface area contributed by atoms with E-state index in [4.69, 9.17) is 4.74 Å². The molecule has 2 heterocycles. The van der Waals surface area contributed by atoms with E-state index < -0.39 is 0 Å². The van der Waals surface area contributed by atoms with Crippen LogP contribution in [0.15, 0.2) is 29.6 Å². The Morgan fingerprint density at radius 3 is 2.96 bits per heavy atom. The van der Waals surface area contributed by atoms with E-state index in [0.717, 1.165) is 35.7 Å². The Morgan fingerprint density at radius 2 is 2.22 bits per heavy atom. The highest BCUT2D eigenvalue weighted by molar-refractivity contribution is 7.13. The van der Waals surface area contributed by atoms with Gasteiger partial charge >= 0.3 is 0 Å². The van der Waals surface area contributed by atoms with E-state index in [-0.39, 0.29) is 17.8 Å². The van der Waals surface area contributed by atoms with Gasteiger partial charge in [-0.25, -0.2) is 9.37 Å². The van der Waals surface area contributed by atoms with Crippen LogP contribution in [0, 0.1) is 5.82 Å². The van der Waals surface area contributed by atoms with E-state index >= 15 is 0 Å². The molecule has 1 unspecified atom stereocenters. The van der Waals surface area contributed by atoms with Crippen LogP contribution in [0.5, 0.6) is 0 Å². The fourth-order valence-corrected chi connectivity index (χ4v) is 3.37. The van der Waals surface area contributed by atoms with E-state index in [2.05, 4.69) is 10.3 Å². The molecular formula is C17H19FN2O2S. The van der Waals surface area contributed by atoms with Crippen LogP contribution >= 0.6 is 11.3 Å². The van der Waals surface area contributed by atoms with Crippen molar-refractivity contribution < 1.29 is 13.9 Å². The van der Waals surface area contributed by atoms with Gasteiger partial charge in [0.05, 0.1) is 11.8 Å². The highest BCUT2D eigenvalue weighted by Gasteiger charge is 2.16. The molecule has 0 bridgehead atoms. The number of hydrogen-bond acceptors (Lipinski definition) is 4. The molecule has 1 N–H and O–H groups in total. The molecule has 1 aliphatic heterocycles. The monoisotopic (exact) mass is 334 g/mol.